The Balaban J connectivity index is 1.51. The fourth-order valence-corrected chi connectivity index (χ4v) is 4.18. The van der Waals surface area contributed by atoms with Gasteiger partial charge in [0.1, 0.15) is 11.5 Å². The standard InChI is InChI=1S/C27H18ClF4N5O/c1-15(17-13-33-26(34-14-17)27(30,31)32)35-25(38)16-6-11-21-23(12-16)37(19-9-7-18(29)8-10-19)36-24(21)20-4-2-3-5-22(20)28/h2-15H,1H3,(H,35,38)/t15-/m0/s1. The second-order valence-corrected chi connectivity index (χ2v) is 8.89. The Morgan fingerprint density at radius 3 is 2.34 bits per heavy atom. The number of alkyl halides is 3. The first kappa shape index (κ1) is 25.3. The first-order chi connectivity index (χ1) is 18.1. The molecule has 3 aromatic carbocycles. The molecule has 38 heavy (non-hydrogen) atoms. The van der Waals surface area contributed by atoms with E-state index in [9.17, 15) is 22.4 Å². The highest BCUT2D eigenvalue weighted by Crippen LogP contribution is 2.34. The van der Waals surface area contributed by atoms with Crippen LogP contribution in [0, 0.1) is 5.82 Å². The van der Waals surface area contributed by atoms with Crippen LogP contribution in [-0.4, -0.2) is 25.7 Å². The van der Waals surface area contributed by atoms with Gasteiger partial charge in [0, 0.05) is 34.5 Å². The van der Waals surface area contributed by atoms with Crippen molar-refractivity contribution in [2.75, 3.05) is 0 Å². The van der Waals surface area contributed by atoms with Crippen LogP contribution in [0.15, 0.2) is 79.1 Å². The Morgan fingerprint density at radius 1 is 1.00 bits per heavy atom. The fraction of sp³-hybridized carbons (Fsp3) is 0.111. The summed E-state index contributed by atoms with van der Waals surface area (Å²) >= 11 is 6.43. The SMILES string of the molecule is C[C@H](NC(=O)c1ccc2c(-c3ccccc3Cl)nn(-c3ccc(F)cc3)c2c1)c1cnc(C(F)(F)F)nc1. The first-order valence-electron chi connectivity index (χ1n) is 11.4. The van der Waals surface area contributed by atoms with E-state index in [2.05, 4.69) is 15.3 Å². The number of hydrogen-bond acceptors (Lipinski definition) is 4. The molecule has 0 fully saturated rings. The maximum Gasteiger partial charge on any atom is 0.451 e. The highest BCUT2D eigenvalue weighted by Gasteiger charge is 2.34. The molecule has 5 aromatic rings. The second kappa shape index (κ2) is 9.86. The van der Waals surface area contributed by atoms with Crippen molar-refractivity contribution in [1.29, 1.82) is 0 Å². The van der Waals surface area contributed by atoms with Gasteiger partial charge in [-0.25, -0.2) is 19.0 Å². The van der Waals surface area contributed by atoms with Crippen LogP contribution in [0.2, 0.25) is 5.02 Å². The van der Waals surface area contributed by atoms with E-state index in [0.717, 1.165) is 12.4 Å². The Labute approximate surface area is 218 Å². The van der Waals surface area contributed by atoms with Gasteiger partial charge in [0.25, 0.3) is 5.91 Å². The molecule has 0 bridgehead atoms. The number of fused-ring (bicyclic) bond motifs is 1. The van der Waals surface area contributed by atoms with Crippen molar-refractivity contribution < 1.29 is 22.4 Å². The van der Waals surface area contributed by atoms with E-state index >= 15 is 0 Å². The van der Waals surface area contributed by atoms with Gasteiger partial charge in [0.15, 0.2) is 0 Å². The van der Waals surface area contributed by atoms with Crippen LogP contribution >= 0.6 is 11.6 Å². The number of halogens is 5. The van der Waals surface area contributed by atoms with Crippen LogP contribution in [0.25, 0.3) is 27.8 Å². The van der Waals surface area contributed by atoms with Crippen molar-refractivity contribution in [1.82, 2.24) is 25.1 Å². The van der Waals surface area contributed by atoms with Crippen LogP contribution < -0.4 is 5.32 Å². The van der Waals surface area contributed by atoms with Gasteiger partial charge in [-0.1, -0.05) is 29.8 Å². The molecule has 0 aliphatic rings. The Bertz CT molecular complexity index is 1630. The van der Waals surface area contributed by atoms with Gasteiger partial charge < -0.3 is 5.32 Å². The summed E-state index contributed by atoms with van der Waals surface area (Å²) in [5.74, 6) is -2.13. The summed E-state index contributed by atoms with van der Waals surface area (Å²) in [5, 5.41) is 8.68. The second-order valence-electron chi connectivity index (χ2n) is 8.48. The molecule has 1 N–H and O–H groups in total. The number of hydrogen-bond donors (Lipinski definition) is 1. The lowest BCUT2D eigenvalue weighted by atomic mass is 10.1. The van der Waals surface area contributed by atoms with Crippen LogP contribution in [0.3, 0.4) is 0 Å². The van der Waals surface area contributed by atoms with E-state index in [-0.39, 0.29) is 5.56 Å². The van der Waals surface area contributed by atoms with Crippen molar-refractivity contribution >= 4 is 28.4 Å². The molecule has 1 amide bonds. The van der Waals surface area contributed by atoms with E-state index in [1.807, 2.05) is 12.1 Å². The number of benzene rings is 3. The summed E-state index contributed by atoms with van der Waals surface area (Å²) in [6.07, 6.45) is -2.59. The zero-order chi connectivity index (χ0) is 27.0. The molecule has 0 radical (unpaired) electrons. The van der Waals surface area contributed by atoms with Crippen molar-refractivity contribution in [2.24, 2.45) is 0 Å². The van der Waals surface area contributed by atoms with E-state index in [1.165, 1.54) is 12.1 Å². The lowest BCUT2D eigenvalue weighted by molar-refractivity contribution is -0.145. The third-order valence-electron chi connectivity index (χ3n) is 5.92. The van der Waals surface area contributed by atoms with Crippen LogP contribution in [0.1, 0.15) is 34.7 Å². The Morgan fingerprint density at radius 2 is 1.68 bits per heavy atom. The maximum absolute atomic E-state index is 13.6. The minimum absolute atomic E-state index is 0.283. The van der Waals surface area contributed by atoms with Crippen molar-refractivity contribution in [2.45, 2.75) is 19.1 Å². The molecule has 0 saturated carbocycles. The molecule has 192 valence electrons. The van der Waals surface area contributed by atoms with Gasteiger partial charge in [0.05, 0.1) is 22.3 Å². The molecule has 0 saturated heterocycles. The zero-order valence-corrected chi connectivity index (χ0v) is 20.4. The third-order valence-corrected chi connectivity index (χ3v) is 6.25. The number of nitrogens with zero attached hydrogens (tertiary/aromatic N) is 4. The average molecular weight is 540 g/mol. The molecular weight excluding hydrogens is 522 g/mol. The number of aromatic nitrogens is 4. The summed E-state index contributed by atoms with van der Waals surface area (Å²) in [6.45, 7) is 1.61. The van der Waals surface area contributed by atoms with Gasteiger partial charge in [-0.3, -0.25) is 4.79 Å². The number of carbonyl (C=O) groups is 1. The van der Waals surface area contributed by atoms with Crippen molar-refractivity contribution in [3.63, 3.8) is 0 Å². The van der Waals surface area contributed by atoms with E-state index < -0.39 is 29.8 Å². The summed E-state index contributed by atoms with van der Waals surface area (Å²) in [4.78, 5) is 19.8. The average Bonchev–Trinajstić information content (AvgIpc) is 3.27. The van der Waals surface area contributed by atoms with Gasteiger partial charge >= 0.3 is 6.18 Å². The smallest absolute Gasteiger partial charge is 0.345 e. The molecule has 0 aliphatic carbocycles. The molecule has 2 aromatic heterocycles. The van der Waals surface area contributed by atoms with Gasteiger partial charge in [0.2, 0.25) is 5.82 Å². The number of rotatable bonds is 5. The summed E-state index contributed by atoms with van der Waals surface area (Å²) in [5.41, 5.74) is 3.01. The molecule has 11 heteroatoms. The summed E-state index contributed by atoms with van der Waals surface area (Å²) < 4.78 is 53.5. The van der Waals surface area contributed by atoms with E-state index in [4.69, 9.17) is 16.7 Å². The quantitative estimate of drug-likeness (QED) is 0.250. The Hall–Kier alpha value is -4.31. The van der Waals surface area contributed by atoms with Gasteiger partial charge in [-0.15, -0.1) is 0 Å². The molecule has 0 unspecified atom stereocenters. The monoisotopic (exact) mass is 539 g/mol. The van der Waals surface area contributed by atoms with Crippen LogP contribution in [-0.2, 0) is 6.18 Å². The summed E-state index contributed by atoms with van der Waals surface area (Å²) in [6, 6.07) is 17.3. The summed E-state index contributed by atoms with van der Waals surface area (Å²) in [7, 11) is 0. The highest BCUT2D eigenvalue weighted by atomic mass is 35.5. The number of nitrogens with one attached hydrogen (secondary N) is 1. The molecule has 0 aliphatic heterocycles. The minimum atomic E-state index is -4.66. The molecular formula is C27H18ClF4N5O. The normalized spacial score (nSPS) is 12.5. The van der Waals surface area contributed by atoms with E-state index in [0.29, 0.717) is 38.4 Å². The predicted octanol–water partition coefficient (Wildman–Crippen LogP) is 6.78. The van der Waals surface area contributed by atoms with Crippen molar-refractivity contribution in [3.8, 4) is 16.9 Å². The molecule has 0 spiro atoms. The lowest BCUT2D eigenvalue weighted by Crippen LogP contribution is -2.27. The maximum atomic E-state index is 13.6. The number of carbonyl (C=O) groups excluding carboxylic acids is 1. The highest BCUT2D eigenvalue weighted by molar-refractivity contribution is 6.33. The third kappa shape index (κ3) is 4.95. The topological polar surface area (TPSA) is 72.7 Å². The van der Waals surface area contributed by atoms with Crippen LogP contribution in [0.4, 0.5) is 17.6 Å². The van der Waals surface area contributed by atoms with Crippen LogP contribution in [0.5, 0.6) is 0 Å². The predicted molar refractivity (Wildman–Crippen MR) is 134 cm³/mol. The first-order valence-corrected chi connectivity index (χ1v) is 11.7. The van der Waals surface area contributed by atoms with Crippen molar-refractivity contribution in [3.05, 3.63) is 107 Å². The minimum Gasteiger partial charge on any atom is -0.345 e. The van der Waals surface area contributed by atoms with Gasteiger partial charge in [-0.2, -0.15) is 18.3 Å². The Kier molecular flexibility index (Phi) is 6.58. The lowest BCUT2D eigenvalue weighted by Gasteiger charge is -2.14. The zero-order valence-electron chi connectivity index (χ0n) is 19.7. The fourth-order valence-electron chi connectivity index (χ4n) is 3.96. The largest absolute Gasteiger partial charge is 0.451 e. The number of amides is 1. The molecule has 6 nitrogen and oxygen atoms in total. The van der Waals surface area contributed by atoms with E-state index in [1.54, 1.807) is 54.1 Å². The molecule has 5 rings (SSSR count). The molecule has 2 heterocycles. The van der Waals surface area contributed by atoms with Gasteiger partial charge in [-0.05, 0) is 55.5 Å². The molecule has 1 atom stereocenters.